The Morgan fingerprint density at radius 2 is 1.93 bits per heavy atom. The molecule has 0 amide bonds. The number of aromatic amines is 1. The van der Waals surface area contributed by atoms with E-state index in [0.717, 1.165) is 11.3 Å². The van der Waals surface area contributed by atoms with Crippen LogP contribution in [0.4, 0.5) is 0 Å². The molecule has 0 bridgehead atoms. The van der Waals surface area contributed by atoms with Gasteiger partial charge in [0.1, 0.15) is 5.65 Å². The Bertz CT molecular complexity index is 650. The highest BCUT2D eigenvalue weighted by molar-refractivity contribution is 6.04. The van der Waals surface area contributed by atoms with Crippen LogP contribution in [0.25, 0.3) is 21.8 Å². The molecule has 2 heteroatoms. The zero-order chi connectivity index (χ0) is 10.4. The lowest BCUT2D eigenvalue weighted by atomic mass is 10.1. The molecule has 0 fully saturated rings. The second kappa shape index (κ2) is 2.83. The van der Waals surface area contributed by atoms with Crippen molar-refractivity contribution in [2.75, 3.05) is 0 Å². The number of fused-ring (bicyclic) bond motifs is 3. The van der Waals surface area contributed by atoms with E-state index in [0.29, 0.717) is 0 Å². The van der Waals surface area contributed by atoms with Crippen LogP contribution in [0.3, 0.4) is 0 Å². The first-order valence-electron chi connectivity index (χ1n) is 5.09. The van der Waals surface area contributed by atoms with Crippen molar-refractivity contribution in [1.29, 1.82) is 0 Å². The number of nitrogens with one attached hydrogen (secondary N) is 1. The fraction of sp³-hybridized carbons (Fsp3) is 0.154. The summed E-state index contributed by atoms with van der Waals surface area (Å²) >= 11 is 0. The molecule has 3 aromatic rings. The lowest BCUT2D eigenvalue weighted by Crippen LogP contribution is -1.80. The smallest absolute Gasteiger partial charge is 0.138 e. The molecule has 1 aromatic carbocycles. The molecule has 2 heterocycles. The summed E-state index contributed by atoms with van der Waals surface area (Å²) in [4.78, 5) is 7.67. The summed E-state index contributed by atoms with van der Waals surface area (Å²) in [7, 11) is 0. The van der Waals surface area contributed by atoms with Crippen LogP contribution in [0.2, 0.25) is 0 Å². The van der Waals surface area contributed by atoms with E-state index in [-0.39, 0.29) is 0 Å². The summed E-state index contributed by atoms with van der Waals surface area (Å²) in [6, 6.07) is 8.64. The molecule has 2 nitrogen and oxygen atoms in total. The first kappa shape index (κ1) is 8.48. The predicted octanol–water partition coefficient (Wildman–Crippen LogP) is 3.33. The van der Waals surface area contributed by atoms with E-state index in [9.17, 15) is 0 Å². The minimum atomic E-state index is 0.976. The standard InChI is InChI=1S/C13H12N2/c1-8-3-4-11-10(5-8)7-14-13-12(11)6-9(2)15-13/h3-7H,1-2H3,(H,14,15). The van der Waals surface area contributed by atoms with Crippen molar-refractivity contribution >= 4 is 21.8 Å². The second-order valence-corrected chi connectivity index (χ2v) is 4.06. The fourth-order valence-corrected chi connectivity index (χ4v) is 2.05. The van der Waals surface area contributed by atoms with Gasteiger partial charge in [-0.25, -0.2) is 4.98 Å². The molecule has 0 saturated carbocycles. The van der Waals surface area contributed by atoms with Gasteiger partial charge >= 0.3 is 0 Å². The SMILES string of the molecule is Cc1ccc2c(cnc3[nH]c(C)cc32)c1. The zero-order valence-corrected chi connectivity index (χ0v) is 8.83. The number of H-pyrrole nitrogens is 1. The van der Waals surface area contributed by atoms with Crippen LogP contribution in [0.15, 0.2) is 30.5 Å². The molecule has 3 rings (SSSR count). The van der Waals surface area contributed by atoms with Crippen molar-refractivity contribution in [2.24, 2.45) is 0 Å². The highest BCUT2D eigenvalue weighted by atomic mass is 14.8. The van der Waals surface area contributed by atoms with Crippen LogP contribution in [0.1, 0.15) is 11.3 Å². The molecule has 1 N–H and O–H groups in total. The van der Waals surface area contributed by atoms with Crippen molar-refractivity contribution < 1.29 is 0 Å². The van der Waals surface area contributed by atoms with Gasteiger partial charge < -0.3 is 4.98 Å². The third kappa shape index (κ3) is 1.22. The Kier molecular flexibility index (Phi) is 1.60. The monoisotopic (exact) mass is 196 g/mol. The van der Waals surface area contributed by atoms with Gasteiger partial charge in [-0.2, -0.15) is 0 Å². The minimum absolute atomic E-state index is 0.976. The molecule has 15 heavy (non-hydrogen) atoms. The van der Waals surface area contributed by atoms with Crippen LogP contribution >= 0.6 is 0 Å². The van der Waals surface area contributed by atoms with Gasteiger partial charge in [0.25, 0.3) is 0 Å². The molecule has 0 aliphatic heterocycles. The molecule has 0 unspecified atom stereocenters. The van der Waals surface area contributed by atoms with E-state index < -0.39 is 0 Å². The van der Waals surface area contributed by atoms with Crippen molar-refractivity contribution in [3.05, 3.63) is 41.7 Å². The van der Waals surface area contributed by atoms with Gasteiger partial charge in [0.15, 0.2) is 0 Å². The number of hydrogen-bond acceptors (Lipinski definition) is 1. The van der Waals surface area contributed by atoms with Crippen LogP contribution in [0.5, 0.6) is 0 Å². The number of pyridine rings is 1. The lowest BCUT2D eigenvalue weighted by molar-refractivity contribution is 1.25. The summed E-state index contributed by atoms with van der Waals surface area (Å²) < 4.78 is 0. The van der Waals surface area contributed by atoms with Gasteiger partial charge in [0.05, 0.1) is 0 Å². The third-order valence-corrected chi connectivity index (χ3v) is 2.76. The maximum atomic E-state index is 4.42. The Morgan fingerprint density at radius 1 is 1.07 bits per heavy atom. The molecular formula is C13H12N2. The van der Waals surface area contributed by atoms with Gasteiger partial charge in [-0.15, -0.1) is 0 Å². The van der Waals surface area contributed by atoms with Crippen LogP contribution in [-0.4, -0.2) is 9.97 Å². The lowest BCUT2D eigenvalue weighted by Gasteiger charge is -1.99. The summed E-state index contributed by atoms with van der Waals surface area (Å²) in [5, 5.41) is 3.70. The van der Waals surface area contributed by atoms with Gasteiger partial charge in [0, 0.05) is 22.7 Å². The van der Waals surface area contributed by atoms with E-state index in [1.807, 2.05) is 6.20 Å². The fourth-order valence-electron chi connectivity index (χ4n) is 2.05. The Labute approximate surface area is 88.0 Å². The average molecular weight is 196 g/mol. The number of aryl methyl sites for hydroxylation is 2. The van der Waals surface area contributed by atoms with Crippen LogP contribution in [0, 0.1) is 13.8 Å². The van der Waals surface area contributed by atoms with E-state index >= 15 is 0 Å². The minimum Gasteiger partial charge on any atom is -0.344 e. The molecule has 0 aliphatic rings. The number of hydrogen-bond donors (Lipinski definition) is 1. The quantitative estimate of drug-likeness (QED) is 0.587. The second-order valence-electron chi connectivity index (χ2n) is 4.06. The summed E-state index contributed by atoms with van der Waals surface area (Å²) in [5.74, 6) is 0. The highest BCUT2D eigenvalue weighted by Crippen LogP contribution is 2.24. The molecule has 0 atom stereocenters. The largest absolute Gasteiger partial charge is 0.344 e. The third-order valence-electron chi connectivity index (χ3n) is 2.76. The molecule has 0 aliphatic carbocycles. The number of nitrogens with zero attached hydrogens (tertiary/aromatic N) is 1. The van der Waals surface area contributed by atoms with Gasteiger partial charge in [-0.05, 0) is 31.4 Å². The molecule has 0 radical (unpaired) electrons. The van der Waals surface area contributed by atoms with Crippen molar-refractivity contribution in [1.82, 2.24) is 9.97 Å². The topological polar surface area (TPSA) is 28.7 Å². The molecular weight excluding hydrogens is 184 g/mol. The maximum absolute atomic E-state index is 4.42. The molecule has 0 spiro atoms. The van der Waals surface area contributed by atoms with Gasteiger partial charge in [0.2, 0.25) is 0 Å². The summed E-state index contributed by atoms with van der Waals surface area (Å²) in [6.07, 6.45) is 1.93. The molecule has 0 saturated heterocycles. The van der Waals surface area contributed by atoms with Gasteiger partial charge in [-0.3, -0.25) is 0 Å². The van der Waals surface area contributed by atoms with Gasteiger partial charge in [-0.1, -0.05) is 17.7 Å². The van der Waals surface area contributed by atoms with Crippen molar-refractivity contribution in [3.63, 3.8) is 0 Å². The van der Waals surface area contributed by atoms with Crippen molar-refractivity contribution in [2.45, 2.75) is 13.8 Å². The van der Waals surface area contributed by atoms with E-state index in [1.54, 1.807) is 0 Å². The normalized spacial score (nSPS) is 11.3. The van der Waals surface area contributed by atoms with E-state index in [1.165, 1.54) is 21.7 Å². The number of aromatic nitrogens is 2. The number of rotatable bonds is 0. The van der Waals surface area contributed by atoms with Crippen LogP contribution < -0.4 is 0 Å². The highest BCUT2D eigenvalue weighted by Gasteiger charge is 2.03. The Balaban J connectivity index is 2.53. The number of benzene rings is 1. The molecule has 2 aromatic heterocycles. The van der Waals surface area contributed by atoms with Crippen LogP contribution in [-0.2, 0) is 0 Å². The van der Waals surface area contributed by atoms with E-state index in [2.05, 4.69) is 48.1 Å². The predicted molar refractivity (Wildman–Crippen MR) is 63.1 cm³/mol. The summed E-state index contributed by atoms with van der Waals surface area (Å²) in [5.41, 5.74) is 3.41. The average Bonchev–Trinajstić information content (AvgIpc) is 2.58. The first-order valence-corrected chi connectivity index (χ1v) is 5.09. The Hall–Kier alpha value is -1.83. The Morgan fingerprint density at radius 3 is 2.80 bits per heavy atom. The van der Waals surface area contributed by atoms with E-state index in [4.69, 9.17) is 0 Å². The maximum Gasteiger partial charge on any atom is 0.138 e. The zero-order valence-electron chi connectivity index (χ0n) is 8.83. The van der Waals surface area contributed by atoms with Crippen molar-refractivity contribution in [3.8, 4) is 0 Å². The first-order chi connectivity index (χ1) is 7.24. The summed E-state index contributed by atoms with van der Waals surface area (Å²) in [6.45, 7) is 4.16. The molecule has 74 valence electrons.